The van der Waals surface area contributed by atoms with E-state index in [0.717, 1.165) is 5.32 Å². The van der Waals surface area contributed by atoms with E-state index in [1.54, 1.807) is 0 Å². The summed E-state index contributed by atoms with van der Waals surface area (Å²) in [7, 11) is 0. The number of carboxylic acid groups (broad SMARTS) is 1. The fraction of sp³-hybridized carbons (Fsp3) is 0.600. The number of carbonyl (C=O) groups is 1. The minimum atomic E-state index is -0.973. The predicted octanol–water partition coefficient (Wildman–Crippen LogP) is 0.120. The van der Waals surface area contributed by atoms with E-state index in [9.17, 15) is 4.79 Å². The summed E-state index contributed by atoms with van der Waals surface area (Å²) in [6.07, 6.45) is 0.534. The molecule has 0 amide bonds. The Morgan fingerprint density at radius 3 is 2.60 bits per heavy atom. The molecule has 0 radical (unpaired) electrons. The first kappa shape index (κ1) is 13.0. The van der Waals surface area contributed by atoms with Crippen LogP contribution >= 0.6 is 0 Å². The minimum absolute atomic E-state index is 0. The first-order chi connectivity index (χ1) is 4.18. The number of carboxylic acids is 1. The van der Waals surface area contributed by atoms with Gasteiger partial charge in [-0.15, -0.1) is 0 Å². The summed E-state index contributed by atoms with van der Waals surface area (Å²) < 4.78 is 0. The fourth-order valence-electron chi connectivity index (χ4n) is 0.319. The Balaban J connectivity index is 0. The van der Waals surface area contributed by atoms with Crippen LogP contribution in [0.5, 0.6) is 0 Å². The van der Waals surface area contributed by atoms with E-state index >= 15 is 0 Å². The van der Waals surface area contributed by atoms with E-state index in [0.29, 0.717) is 21.4 Å². The summed E-state index contributed by atoms with van der Waals surface area (Å²) in [6.45, 7) is 0. The molecule has 3 N–H and O–H groups in total. The molecule has 0 spiro atoms. The molecule has 3 nitrogen and oxygen atoms in total. The summed E-state index contributed by atoms with van der Waals surface area (Å²) in [5.74, 6) is 1.08. The normalized spacial score (nSPS) is 8.20. The number of aliphatic carboxylic acids is 1. The second-order valence-electron chi connectivity index (χ2n) is 1.57. The molecule has 0 atom stereocenters. The largest absolute Gasteiger partial charge is 0 e. The molecule has 0 aliphatic carbocycles. The van der Waals surface area contributed by atoms with Crippen LogP contribution in [0.15, 0.2) is 0 Å². The van der Waals surface area contributed by atoms with Gasteiger partial charge in [0.15, 0.2) is 0 Å². The zero-order chi connectivity index (χ0) is 7.28. The van der Waals surface area contributed by atoms with Crippen LogP contribution in [-0.4, -0.2) is 26.0 Å². The Bertz CT molecular complexity index is 102. The van der Waals surface area contributed by atoms with Gasteiger partial charge in [-0.3, -0.25) is 0 Å². The molecule has 0 aromatic rings. The van der Waals surface area contributed by atoms with Crippen molar-refractivity contribution in [2.24, 2.45) is 5.73 Å². The first-order valence-corrected chi connectivity index (χ1v) is 5.44. The Morgan fingerprint density at radius 1 is 1.80 bits per heavy atom. The van der Waals surface area contributed by atoms with E-state index in [1.165, 1.54) is 0 Å². The van der Waals surface area contributed by atoms with Crippen LogP contribution in [0.2, 0.25) is 11.1 Å². The van der Waals surface area contributed by atoms with Gasteiger partial charge in [0, 0.05) is 17.4 Å². The van der Waals surface area contributed by atoms with Gasteiger partial charge in [-0.1, -0.05) is 0 Å². The van der Waals surface area contributed by atoms with Crippen molar-refractivity contribution in [3.05, 3.63) is 6.04 Å². The Morgan fingerprint density at radius 2 is 2.30 bits per heavy atom. The molecule has 10 heavy (non-hydrogen) atoms. The third-order valence-corrected chi connectivity index (χ3v) is 2.14. The van der Waals surface area contributed by atoms with Crippen LogP contribution in [0.3, 0.4) is 0 Å². The van der Waals surface area contributed by atoms with Crippen molar-refractivity contribution in [1.29, 1.82) is 0 Å². The van der Waals surface area contributed by atoms with Crippen LogP contribution in [0, 0.1) is 6.04 Å². The number of hydrogen-bond acceptors (Lipinski definition) is 2. The molecule has 0 aromatic carbocycles. The van der Waals surface area contributed by atoms with Gasteiger partial charge in [0.1, 0.15) is 0 Å². The van der Waals surface area contributed by atoms with E-state index < -0.39 is 5.97 Å². The number of rotatable bonds is 4. The Kier molecular flexibility index (Phi) is 9.68. The maximum atomic E-state index is 10.1. The van der Waals surface area contributed by atoms with Gasteiger partial charge in [-0.05, 0) is 0 Å². The van der Waals surface area contributed by atoms with Crippen LogP contribution in [0.1, 0.15) is 6.42 Å². The molecule has 0 aliphatic heterocycles. The van der Waals surface area contributed by atoms with Crippen LogP contribution < -0.4 is 5.73 Å². The van der Waals surface area contributed by atoms with Gasteiger partial charge < -0.3 is 0 Å². The van der Waals surface area contributed by atoms with Crippen LogP contribution in [0.25, 0.3) is 0 Å². The van der Waals surface area contributed by atoms with E-state index in [-0.39, 0.29) is 23.4 Å². The average Bonchev–Trinajstić information content (AvgIpc) is 1.82. The smallest absolute Gasteiger partial charge is 0 e. The SMILES string of the molecule is C[Se]CC[C-](N)C(=O)O.[Cr]. The van der Waals surface area contributed by atoms with Gasteiger partial charge in [0.2, 0.25) is 0 Å². The molecule has 5 heteroatoms. The molecular formula is C5H10CrNO2Se-. The topological polar surface area (TPSA) is 63.3 Å². The summed E-state index contributed by atoms with van der Waals surface area (Å²) in [6, 6.07) is 0.0822. The maximum absolute atomic E-state index is 10.1. The summed E-state index contributed by atoms with van der Waals surface area (Å²) in [5, 5.41) is 9.18. The molecule has 0 aliphatic rings. The van der Waals surface area contributed by atoms with Crippen molar-refractivity contribution in [2.75, 3.05) is 0 Å². The van der Waals surface area contributed by atoms with Gasteiger partial charge >= 0.3 is 60.2 Å². The van der Waals surface area contributed by atoms with Crippen molar-refractivity contribution in [2.45, 2.75) is 17.6 Å². The molecule has 0 heterocycles. The zero-order valence-electron chi connectivity index (χ0n) is 5.66. The third kappa shape index (κ3) is 6.47. The average molecular weight is 247 g/mol. The molecule has 0 bridgehead atoms. The van der Waals surface area contributed by atoms with Gasteiger partial charge in [0.25, 0.3) is 0 Å². The second-order valence-corrected chi connectivity index (χ2v) is 3.64. The Hall–Kier alpha value is 0.352. The van der Waals surface area contributed by atoms with Crippen molar-refractivity contribution < 1.29 is 27.3 Å². The molecular weight excluding hydrogens is 237 g/mol. The quantitative estimate of drug-likeness (QED) is 0.548. The molecule has 0 aromatic heterocycles. The predicted molar refractivity (Wildman–Crippen MR) is 36.1 cm³/mol. The maximum Gasteiger partial charge on any atom is 0 e. The van der Waals surface area contributed by atoms with Crippen molar-refractivity contribution >= 4 is 20.9 Å². The van der Waals surface area contributed by atoms with Gasteiger partial charge in [-0.25, -0.2) is 0 Å². The van der Waals surface area contributed by atoms with Crippen molar-refractivity contribution in [1.82, 2.24) is 0 Å². The van der Waals surface area contributed by atoms with Crippen LogP contribution in [-0.2, 0) is 22.2 Å². The first-order valence-electron chi connectivity index (χ1n) is 2.52. The summed E-state index contributed by atoms with van der Waals surface area (Å²) in [4.78, 5) is 10.1. The van der Waals surface area contributed by atoms with E-state index in [1.807, 2.05) is 0 Å². The molecule has 0 saturated carbocycles. The van der Waals surface area contributed by atoms with E-state index in [2.05, 4.69) is 5.82 Å². The van der Waals surface area contributed by atoms with Gasteiger partial charge in [0.05, 0.1) is 0 Å². The number of hydrogen-bond donors (Lipinski definition) is 2. The van der Waals surface area contributed by atoms with Crippen LogP contribution in [0.4, 0.5) is 0 Å². The van der Waals surface area contributed by atoms with Crippen molar-refractivity contribution in [3.63, 3.8) is 0 Å². The fourth-order valence-corrected chi connectivity index (χ4v) is 1.21. The van der Waals surface area contributed by atoms with E-state index in [4.69, 9.17) is 10.8 Å². The molecule has 0 rings (SSSR count). The summed E-state index contributed by atoms with van der Waals surface area (Å²) in [5.41, 5.74) is 5.13. The zero-order valence-corrected chi connectivity index (χ0v) is 8.65. The third-order valence-electron chi connectivity index (χ3n) is 0.850. The van der Waals surface area contributed by atoms with Crippen molar-refractivity contribution in [3.8, 4) is 0 Å². The summed E-state index contributed by atoms with van der Waals surface area (Å²) >= 11 is 0.528. The number of nitrogens with two attached hydrogens (primary N) is 1. The molecule has 0 saturated heterocycles. The minimum Gasteiger partial charge on any atom is 0 e. The Labute approximate surface area is 77.6 Å². The monoisotopic (exact) mass is 248 g/mol. The standard InChI is InChI=1S/C5H10NO2Se.Cr/c1-9-3-2-4(6)5(7)8;/h2-3,6H2,1H3,(H,7,8);/q-1;. The molecule has 0 fully saturated rings. The van der Waals surface area contributed by atoms with Gasteiger partial charge in [-0.2, -0.15) is 0 Å². The second kappa shape index (κ2) is 7.46. The molecule has 60 valence electrons. The molecule has 0 unspecified atom stereocenters.